The van der Waals surface area contributed by atoms with Gasteiger partial charge in [-0.15, -0.1) is 11.6 Å². The Morgan fingerprint density at radius 3 is 2.56 bits per heavy atom. The number of sulfonamides is 1. The first kappa shape index (κ1) is 13.5. The van der Waals surface area contributed by atoms with E-state index in [1.807, 2.05) is 13.0 Å². The lowest BCUT2D eigenvalue weighted by molar-refractivity contribution is 0.561. The first-order chi connectivity index (χ1) is 7.47. The summed E-state index contributed by atoms with van der Waals surface area (Å²) < 4.78 is 26.4. The average molecular weight is 262 g/mol. The van der Waals surface area contributed by atoms with Crippen molar-refractivity contribution in [3.8, 4) is 0 Å². The number of alkyl halides is 1. The molecule has 1 aromatic carbocycles. The Labute approximate surface area is 102 Å². The van der Waals surface area contributed by atoms with Crippen LogP contribution in [0.3, 0.4) is 0 Å². The Bertz CT molecular complexity index is 445. The van der Waals surface area contributed by atoms with Crippen LogP contribution in [0.5, 0.6) is 0 Å². The van der Waals surface area contributed by atoms with Crippen LogP contribution < -0.4 is 4.72 Å². The average Bonchev–Trinajstić information content (AvgIpc) is 2.26. The van der Waals surface area contributed by atoms with Gasteiger partial charge < -0.3 is 0 Å². The van der Waals surface area contributed by atoms with Gasteiger partial charge in [0.15, 0.2) is 0 Å². The molecule has 0 bridgehead atoms. The van der Waals surface area contributed by atoms with Crippen LogP contribution in [-0.4, -0.2) is 20.8 Å². The van der Waals surface area contributed by atoms with E-state index < -0.39 is 10.0 Å². The molecule has 0 aliphatic heterocycles. The summed E-state index contributed by atoms with van der Waals surface area (Å²) in [6.07, 6.45) is 0. The largest absolute Gasteiger partial charge is 0.240 e. The highest BCUT2D eigenvalue weighted by atomic mass is 35.5. The van der Waals surface area contributed by atoms with Gasteiger partial charge >= 0.3 is 0 Å². The second kappa shape index (κ2) is 5.66. The third-order valence-corrected chi connectivity index (χ3v) is 4.38. The predicted octanol–water partition coefficient (Wildman–Crippen LogP) is 2.15. The molecule has 0 radical (unpaired) electrons. The fourth-order valence-corrected chi connectivity index (χ4v) is 2.76. The van der Waals surface area contributed by atoms with Crippen LogP contribution >= 0.6 is 11.6 Å². The first-order valence-corrected chi connectivity index (χ1v) is 7.10. The molecule has 1 unspecified atom stereocenters. The predicted molar refractivity (Wildman–Crippen MR) is 66.3 cm³/mol. The van der Waals surface area contributed by atoms with E-state index in [1.54, 1.807) is 25.1 Å². The van der Waals surface area contributed by atoms with E-state index in [1.165, 1.54) is 0 Å². The summed E-state index contributed by atoms with van der Waals surface area (Å²) in [7, 11) is -3.40. The highest BCUT2D eigenvalue weighted by Crippen LogP contribution is 2.13. The highest BCUT2D eigenvalue weighted by Gasteiger charge is 2.16. The molecular weight excluding hydrogens is 246 g/mol. The molecule has 0 saturated carbocycles. The lowest BCUT2D eigenvalue weighted by Crippen LogP contribution is -2.29. The number of hydrogen-bond acceptors (Lipinski definition) is 2. The molecule has 0 saturated heterocycles. The molecule has 1 rings (SSSR count). The van der Waals surface area contributed by atoms with Gasteiger partial charge in [0.25, 0.3) is 0 Å². The summed E-state index contributed by atoms with van der Waals surface area (Å²) in [6.45, 7) is 4.03. The van der Waals surface area contributed by atoms with Crippen molar-refractivity contribution in [3.63, 3.8) is 0 Å². The first-order valence-electron chi connectivity index (χ1n) is 5.08. The third-order valence-electron chi connectivity index (χ3n) is 2.27. The Morgan fingerprint density at radius 1 is 1.38 bits per heavy atom. The lowest BCUT2D eigenvalue weighted by atomic mass is 10.2. The number of rotatable bonds is 5. The molecule has 0 amide bonds. The number of nitrogens with one attached hydrogen (secondary N) is 1. The van der Waals surface area contributed by atoms with Gasteiger partial charge in [0.1, 0.15) is 0 Å². The van der Waals surface area contributed by atoms with Crippen LogP contribution in [0.25, 0.3) is 0 Å². The van der Waals surface area contributed by atoms with Crippen molar-refractivity contribution >= 4 is 21.6 Å². The molecule has 16 heavy (non-hydrogen) atoms. The zero-order valence-corrected chi connectivity index (χ0v) is 11.0. The zero-order valence-electron chi connectivity index (χ0n) is 9.40. The molecule has 1 atom stereocenters. The van der Waals surface area contributed by atoms with Crippen LogP contribution in [-0.2, 0) is 10.0 Å². The molecule has 0 aliphatic carbocycles. The molecule has 0 fully saturated rings. The van der Waals surface area contributed by atoms with Gasteiger partial charge in [0, 0.05) is 12.4 Å². The van der Waals surface area contributed by atoms with E-state index in [-0.39, 0.29) is 5.92 Å². The van der Waals surface area contributed by atoms with E-state index in [2.05, 4.69) is 4.72 Å². The standard InChI is InChI=1S/C11H16ClNO2S/c1-9(7-12)8-13-16(14,15)11-6-4-3-5-10(11)2/h3-6,9,13H,7-8H2,1-2H3. The molecule has 0 heterocycles. The van der Waals surface area contributed by atoms with Crippen LogP contribution in [0, 0.1) is 12.8 Å². The minimum absolute atomic E-state index is 0.125. The summed E-state index contributed by atoms with van der Waals surface area (Å²) in [5.74, 6) is 0.566. The van der Waals surface area contributed by atoms with Crippen molar-refractivity contribution in [1.82, 2.24) is 4.72 Å². The lowest BCUT2D eigenvalue weighted by Gasteiger charge is -2.11. The molecule has 0 aromatic heterocycles. The van der Waals surface area contributed by atoms with Crippen molar-refractivity contribution in [2.24, 2.45) is 5.92 Å². The maximum atomic E-state index is 11.9. The van der Waals surface area contributed by atoms with Crippen LogP contribution in [0.4, 0.5) is 0 Å². The normalized spacial score (nSPS) is 13.7. The quantitative estimate of drug-likeness (QED) is 0.826. The SMILES string of the molecule is Cc1ccccc1S(=O)(=O)NCC(C)CCl. The van der Waals surface area contributed by atoms with E-state index in [4.69, 9.17) is 11.6 Å². The number of halogens is 1. The Hall–Kier alpha value is -0.580. The molecule has 3 nitrogen and oxygen atoms in total. The van der Waals surface area contributed by atoms with Gasteiger partial charge in [-0.25, -0.2) is 13.1 Å². The van der Waals surface area contributed by atoms with Crippen molar-refractivity contribution in [2.45, 2.75) is 18.7 Å². The van der Waals surface area contributed by atoms with Gasteiger partial charge in [-0.3, -0.25) is 0 Å². The fraction of sp³-hybridized carbons (Fsp3) is 0.455. The van der Waals surface area contributed by atoms with Crippen molar-refractivity contribution in [3.05, 3.63) is 29.8 Å². The van der Waals surface area contributed by atoms with Crippen LogP contribution in [0.15, 0.2) is 29.2 Å². The number of hydrogen-bond donors (Lipinski definition) is 1. The second-order valence-electron chi connectivity index (χ2n) is 3.88. The summed E-state index contributed by atoms with van der Waals surface area (Å²) >= 11 is 5.62. The number of aryl methyl sites for hydroxylation is 1. The van der Waals surface area contributed by atoms with Crippen molar-refractivity contribution in [2.75, 3.05) is 12.4 Å². The molecule has 90 valence electrons. The highest BCUT2D eigenvalue weighted by molar-refractivity contribution is 7.89. The van der Waals surface area contributed by atoms with Gasteiger partial charge in [0.05, 0.1) is 4.90 Å². The van der Waals surface area contributed by atoms with E-state index in [0.29, 0.717) is 17.3 Å². The monoisotopic (exact) mass is 261 g/mol. The Balaban J connectivity index is 2.83. The Morgan fingerprint density at radius 2 is 2.00 bits per heavy atom. The van der Waals surface area contributed by atoms with E-state index in [9.17, 15) is 8.42 Å². The molecule has 1 N–H and O–H groups in total. The van der Waals surface area contributed by atoms with Crippen LogP contribution in [0.1, 0.15) is 12.5 Å². The topological polar surface area (TPSA) is 46.2 Å². The van der Waals surface area contributed by atoms with E-state index >= 15 is 0 Å². The van der Waals surface area contributed by atoms with Gasteiger partial charge in [-0.2, -0.15) is 0 Å². The van der Waals surface area contributed by atoms with E-state index in [0.717, 1.165) is 5.56 Å². The molecule has 5 heteroatoms. The smallest absolute Gasteiger partial charge is 0.211 e. The molecule has 1 aromatic rings. The molecule has 0 aliphatic rings. The summed E-state index contributed by atoms with van der Waals surface area (Å²) in [6, 6.07) is 6.91. The zero-order chi connectivity index (χ0) is 12.2. The maximum Gasteiger partial charge on any atom is 0.240 e. The van der Waals surface area contributed by atoms with Gasteiger partial charge in [-0.1, -0.05) is 25.1 Å². The minimum atomic E-state index is -3.40. The van der Waals surface area contributed by atoms with Crippen LogP contribution in [0.2, 0.25) is 0 Å². The minimum Gasteiger partial charge on any atom is -0.211 e. The maximum absolute atomic E-state index is 11.9. The fourth-order valence-electron chi connectivity index (χ4n) is 1.24. The second-order valence-corrected chi connectivity index (χ2v) is 5.92. The summed E-state index contributed by atoms with van der Waals surface area (Å²) in [4.78, 5) is 0.330. The molecular formula is C11H16ClNO2S. The Kier molecular flexibility index (Phi) is 4.77. The van der Waals surface area contributed by atoms with Crippen molar-refractivity contribution < 1.29 is 8.42 Å². The summed E-state index contributed by atoms with van der Waals surface area (Å²) in [5, 5.41) is 0. The molecule has 0 spiro atoms. The number of benzene rings is 1. The summed E-state index contributed by atoms with van der Waals surface area (Å²) in [5.41, 5.74) is 0.744. The third kappa shape index (κ3) is 3.47. The van der Waals surface area contributed by atoms with Gasteiger partial charge in [0.2, 0.25) is 10.0 Å². The van der Waals surface area contributed by atoms with Crippen molar-refractivity contribution in [1.29, 1.82) is 0 Å². The van der Waals surface area contributed by atoms with Gasteiger partial charge in [-0.05, 0) is 24.5 Å².